The molecule has 2 aromatic carbocycles. The summed E-state index contributed by atoms with van der Waals surface area (Å²) in [6.07, 6.45) is 0. The van der Waals surface area contributed by atoms with Crippen LogP contribution in [0.25, 0.3) is 0 Å². The van der Waals surface area contributed by atoms with Crippen molar-refractivity contribution >= 4 is 23.4 Å². The molecule has 23 heavy (non-hydrogen) atoms. The Labute approximate surface area is 139 Å². The Kier molecular flexibility index (Phi) is 6.14. The molecule has 2 rings (SSSR count). The maximum Gasteiger partial charge on any atom is 0.246 e. The van der Waals surface area contributed by atoms with Crippen LogP contribution in [0.4, 0.5) is 0 Å². The van der Waals surface area contributed by atoms with Crippen LogP contribution in [-0.2, 0) is 20.9 Å². The SMILES string of the molecule is NC(=O)C(NC(=O)COCc1ccccc1Cl)c1ccccc1. The predicted molar refractivity (Wildman–Crippen MR) is 87.6 cm³/mol. The number of primary amides is 1. The molecule has 2 aromatic rings. The van der Waals surface area contributed by atoms with E-state index in [9.17, 15) is 9.59 Å². The lowest BCUT2D eigenvalue weighted by molar-refractivity contribution is -0.130. The lowest BCUT2D eigenvalue weighted by Crippen LogP contribution is -2.39. The molecule has 0 saturated heterocycles. The molecule has 0 aromatic heterocycles. The normalized spacial score (nSPS) is 11.7. The van der Waals surface area contributed by atoms with E-state index in [0.717, 1.165) is 5.56 Å². The molecule has 0 aliphatic carbocycles. The van der Waals surface area contributed by atoms with Crippen LogP contribution in [0.2, 0.25) is 5.02 Å². The third-order valence-electron chi connectivity index (χ3n) is 3.17. The number of ether oxygens (including phenoxy) is 1. The molecule has 1 atom stereocenters. The fraction of sp³-hybridized carbons (Fsp3) is 0.176. The highest BCUT2D eigenvalue weighted by Gasteiger charge is 2.19. The van der Waals surface area contributed by atoms with E-state index in [1.54, 1.807) is 30.3 Å². The minimum Gasteiger partial charge on any atom is -0.368 e. The van der Waals surface area contributed by atoms with E-state index in [-0.39, 0.29) is 13.2 Å². The summed E-state index contributed by atoms with van der Waals surface area (Å²) in [6.45, 7) is 0.0154. The zero-order chi connectivity index (χ0) is 16.7. The number of rotatable bonds is 7. The van der Waals surface area contributed by atoms with Crippen LogP contribution in [0, 0.1) is 0 Å². The monoisotopic (exact) mass is 332 g/mol. The van der Waals surface area contributed by atoms with Gasteiger partial charge in [0.1, 0.15) is 12.6 Å². The van der Waals surface area contributed by atoms with Gasteiger partial charge in [0.05, 0.1) is 6.61 Å². The Hall–Kier alpha value is -2.37. The first-order chi connectivity index (χ1) is 11.1. The van der Waals surface area contributed by atoms with E-state index in [2.05, 4.69) is 5.32 Å². The molecule has 120 valence electrons. The summed E-state index contributed by atoms with van der Waals surface area (Å²) in [4.78, 5) is 23.5. The second kappa shape index (κ2) is 8.31. The highest BCUT2D eigenvalue weighted by Crippen LogP contribution is 2.16. The number of halogens is 1. The average molecular weight is 333 g/mol. The maximum atomic E-state index is 11.9. The second-order valence-corrected chi connectivity index (χ2v) is 5.30. The van der Waals surface area contributed by atoms with Gasteiger partial charge < -0.3 is 15.8 Å². The van der Waals surface area contributed by atoms with Gasteiger partial charge in [-0.15, -0.1) is 0 Å². The van der Waals surface area contributed by atoms with E-state index in [0.29, 0.717) is 10.6 Å². The van der Waals surface area contributed by atoms with Gasteiger partial charge in [0.2, 0.25) is 11.8 Å². The Morgan fingerprint density at radius 3 is 2.39 bits per heavy atom. The third-order valence-corrected chi connectivity index (χ3v) is 3.54. The van der Waals surface area contributed by atoms with E-state index in [4.69, 9.17) is 22.1 Å². The topological polar surface area (TPSA) is 81.4 Å². The quantitative estimate of drug-likeness (QED) is 0.815. The number of carbonyl (C=O) groups is 2. The molecule has 0 saturated carbocycles. The molecule has 0 fully saturated rings. The number of hydrogen-bond acceptors (Lipinski definition) is 3. The lowest BCUT2D eigenvalue weighted by Gasteiger charge is -2.16. The zero-order valence-corrected chi connectivity index (χ0v) is 13.1. The van der Waals surface area contributed by atoms with Crippen LogP contribution < -0.4 is 11.1 Å². The van der Waals surface area contributed by atoms with Crippen molar-refractivity contribution in [2.24, 2.45) is 5.73 Å². The first kappa shape index (κ1) is 17.0. The van der Waals surface area contributed by atoms with Gasteiger partial charge in [-0.05, 0) is 17.2 Å². The van der Waals surface area contributed by atoms with Gasteiger partial charge >= 0.3 is 0 Å². The van der Waals surface area contributed by atoms with Crippen LogP contribution in [0.5, 0.6) is 0 Å². The molecular weight excluding hydrogens is 316 g/mol. The van der Waals surface area contributed by atoms with Crippen LogP contribution in [-0.4, -0.2) is 18.4 Å². The van der Waals surface area contributed by atoms with Crippen LogP contribution >= 0.6 is 11.6 Å². The molecule has 0 spiro atoms. The fourth-order valence-corrected chi connectivity index (χ4v) is 2.23. The molecule has 3 N–H and O–H groups in total. The van der Waals surface area contributed by atoms with E-state index < -0.39 is 17.9 Å². The highest BCUT2D eigenvalue weighted by molar-refractivity contribution is 6.31. The second-order valence-electron chi connectivity index (χ2n) is 4.90. The number of hydrogen-bond donors (Lipinski definition) is 2. The largest absolute Gasteiger partial charge is 0.368 e. The molecule has 0 aliphatic heterocycles. The smallest absolute Gasteiger partial charge is 0.246 e. The van der Waals surface area contributed by atoms with E-state index in [1.807, 2.05) is 24.3 Å². The van der Waals surface area contributed by atoms with Gasteiger partial charge in [-0.25, -0.2) is 0 Å². The Morgan fingerprint density at radius 1 is 1.09 bits per heavy atom. The van der Waals surface area contributed by atoms with Crippen LogP contribution in [0.15, 0.2) is 54.6 Å². The standard InChI is InChI=1S/C17H17ClN2O3/c18-14-9-5-4-8-13(14)10-23-11-15(21)20-16(17(19)22)12-6-2-1-3-7-12/h1-9,16H,10-11H2,(H2,19,22)(H,20,21). The van der Waals surface area contributed by atoms with Crippen molar-refractivity contribution in [1.29, 1.82) is 0 Å². The Bertz CT molecular complexity index is 677. The number of benzene rings is 2. The van der Waals surface area contributed by atoms with Gasteiger partial charge in [0, 0.05) is 5.02 Å². The average Bonchev–Trinajstić information content (AvgIpc) is 2.55. The number of amides is 2. The summed E-state index contributed by atoms with van der Waals surface area (Å²) in [6, 6.07) is 15.1. The van der Waals surface area contributed by atoms with Crippen molar-refractivity contribution in [1.82, 2.24) is 5.32 Å². The maximum absolute atomic E-state index is 11.9. The van der Waals surface area contributed by atoms with Gasteiger partial charge in [0.25, 0.3) is 0 Å². The summed E-state index contributed by atoms with van der Waals surface area (Å²) in [5.41, 5.74) is 6.76. The minimum absolute atomic E-state index is 0.193. The van der Waals surface area contributed by atoms with Crippen molar-refractivity contribution in [3.05, 3.63) is 70.7 Å². The molecule has 0 radical (unpaired) electrons. The summed E-state index contributed by atoms with van der Waals surface area (Å²) in [5.74, 6) is -1.06. The lowest BCUT2D eigenvalue weighted by atomic mass is 10.1. The van der Waals surface area contributed by atoms with Crippen molar-refractivity contribution < 1.29 is 14.3 Å². The molecule has 0 bridgehead atoms. The highest BCUT2D eigenvalue weighted by atomic mass is 35.5. The van der Waals surface area contributed by atoms with Gasteiger partial charge in [-0.1, -0.05) is 60.1 Å². The minimum atomic E-state index is -0.882. The molecular formula is C17H17ClN2O3. The first-order valence-corrected chi connectivity index (χ1v) is 7.40. The van der Waals surface area contributed by atoms with Crippen molar-refractivity contribution in [2.45, 2.75) is 12.6 Å². The van der Waals surface area contributed by atoms with E-state index >= 15 is 0 Å². The Morgan fingerprint density at radius 2 is 1.74 bits per heavy atom. The summed E-state index contributed by atoms with van der Waals surface area (Å²) in [7, 11) is 0. The Balaban J connectivity index is 1.88. The number of nitrogens with one attached hydrogen (secondary N) is 1. The predicted octanol–water partition coefficient (Wildman–Crippen LogP) is 2.20. The first-order valence-electron chi connectivity index (χ1n) is 7.02. The van der Waals surface area contributed by atoms with Crippen molar-refractivity contribution in [3.63, 3.8) is 0 Å². The van der Waals surface area contributed by atoms with Gasteiger partial charge in [0.15, 0.2) is 0 Å². The molecule has 2 amide bonds. The van der Waals surface area contributed by atoms with Crippen molar-refractivity contribution in [3.8, 4) is 0 Å². The fourth-order valence-electron chi connectivity index (χ4n) is 2.04. The third kappa shape index (κ3) is 5.09. The van der Waals surface area contributed by atoms with E-state index in [1.165, 1.54) is 0 Å². The number of nitrogens with two attached hydrogens (primary N) is 1. The zero-order valence-electron chi connectivity index (χ0n) is 12.4. The van der Waals surface area contributed by atoms with Crippen LogP contribution in [0.1, 0.15) is 17.2 Å². The molecule has 1 unspecified atom stereocenters. The molecule has 0 heterocycles. The molecule has 0 aliphatic rings. The van der Waals surface area contributed by atoms with Crippen molar-refractivity contribution in [2.75, 3.05) is 6.61 Å². The summed E-state index contributed by atoms with van der Waals surface area (Å²) >= 11 is 6.00. The van der Waals surface area contributed by atoms with Crippen LogP contribution in [0.3, 0.4) is 0 Å². The number of carbonyl (C=O) groups excluding carboxylic acids is 2. The van der Waals surface area contributed by atoms with Gasteiger partial charge in [-0.3, -0.25) is 9.59 Å². The molecule has 5 nitrogen and oxygen atoms in total. The molecule has 6 heteroatoms. The van der Waals surface area contributed by atoms with Gasteiger partial charge in [-0.2, -0.15) is 0 Å². The summed E-state index contributed by atoms with van der Waals surface area (Å²) < 4.78 is 5.33. The summed E-state index contributed by atoms with van der Waals surface area (Å²) in [5, 5.41) is 3.14.